The van der Waals surface area contributed by atoms with Gasteiger partial charge in [-0.25, -0.2) is 4.98 Å². The van der Waals surface area contributed by atoms with E-state index in [1.54, 1.807) is 0 Å². The van der Waals surface area contributed by atoms with Crippen molar-refractivity contribution < 1.29 is 0 Å². The number of nitrogens with zero attached hydrogens (tertiary/aromatic N) is 1. The topological polar surface area (TPSA) is 24.9 Å². The molecule has 2 unspecified atom stereocenters. The first-order chi connectivity index (χ1) is 8.08. The van der Waals surface area contributed by atoms with Crippen LogP contribution in [0.25, 0.3) is 0 Å². The molecule has 1 N–H and O–H groups in total. The second kappa shape index (κ2) is 5.26. The normalized spacial score (nSPS) is 29.1. The third-order valence-electron chi connectivity index (χ3n) is 3.89. The number of hydrogen-bond donors (Lipinski definition) is 1. The Kier molecular flexibility index (Phi) is 3.93. The van der Waals surface area contributed by atoms with Crippen LogP contribution in [0.1, 0.15) is 38.7 Å². The number of aromatic nitrogens is 1. The van der Waals surface area contributed by atoms with Crippen molar-refractivity contribution in [2.75, 3.05) is 5.32 Å². The molecule has 0 amide bonds. The molecule has 0 aliphatic heterocycles. The maximum absolute atomic E-state index is 5.94. The van der Waals surface area contributed by atoms with Crippen molar-refractivity contribution in [1.82, 2.24) is 4.98 Å². The molecule has 1 aromatic heterocycles. The molecule has 17 heavy (non-hydrogen) atoms. The Morgan fingerprint density at radius 3 is 2.53 bits per heavy atom. The fraction of sp³-hybridized carbons (Fsp3) is 0.643. The molecule has 1 aliphatic rings. The van der Waals surface area contributed by atoms with Crippen LogP contribution in [0.15, 0.2) is 12.3 Å². The standard InChI is InChI=1S/C14H21ClN2/c1-9-5-4-6-10(2)13(9)17-12-7-11(3)14(15)16-8-12/h7-10,13,17H,4-6H2,1-3H3. The molecule has 0 spiro atoms. The van der Waals surface area contributed by atoms with Crippen molar-refractivity contribution >= 4 is 17.3 Å². The van der Waals surface area contributed by atoms with E-state index < -0.39 is 0 Å². The van der Waals surface area contributed by atoms with Crippen LogP contribution in [0.3, 0.4) is 0 Å². The van der Waals surface area contributed by atoms with E-state index in [2.05, 4.69) is 30.2 Å². The maximum atomic E-state index is 5.94. The number of rotatable bonds is 2. The lowest BCUT2D eigenvalue weighted by molar-refractivity contribution is 0.268. The number of nitrogens with one attached hydrogen (secondary N) is 1. The number of halogens is 1. The summed E-state index contributed by atoms with van der Waals surface area (Å²) in [7, 11) is 0. The highest BCUT2D eigenvalue weighted by atomic mass is 35.5. The average Bonchev–Trinajstić information content (AvgIpc) is 2.28. The van der Waals surface area contributed by atoms with E-state index in [1.807, 2.05) is 13.1 Å². The summed E-state index contributed by atoms with van der Waals surface area (Å²) in [5.41, 5.74) is 2.13. The van der Waals surface area contributed by atoms with Crippen molar-refractivity contribution in [1.29, 1.82) is 0 Å². The molecule has 3 heteroatoms. The molecule has 2 nitrogen and oxygen atoms in total. The minimum atomic E-state index is 0.561. The van der Waals surface area contributed by atoms with Gasteiger partial charge in [-0.15, -0.1) is 0 Å². The van der Waals surface area contributed by atoms with Crippen molar-refractivity contribution in [3.63, 3.8) is 0 Å². The number of pyridine rings is 1. The largest absolute Gasteiger partial charge is 0.381 e. The summed E-state index contributed by atoms with van der Waals surface area (Å²) < 4.78 is 0. The zero-order chi connectivity index (χ0) is 12.4. The van der Waals surface area contributed by atoms with Gasteiger partial charge in [-0.3, -0.25) is 0 Å². The third kappa shape index (κ3) is 2.92. The fourth-order valence-corrected chi connectivity index (χ4v) is 2.90. The fourth-order valence-electron chi connectivity index (χ4n) is 2.80. The van der Waals surface area contributed by atoms with E-state index >= 15 is 0 Å². The van der Waals surface area contributed by atoms with Crippen LogP contribution in [0.5, 0.6) is 0 Å². The van der Waals surface area contributed by atoms with Crippen LogP contribution in [0.4, 0.5) is 5.69 Å². The van der Waals surface area contributed by atoms with Gasteiger partial charge >= 0.3 is 0 Å². The predicted molar refractivity (Wildman–Crippen MR) is 73.6 cm³/mol. The SMILES string of the molecule is Cc1cc(NC2C(C)CCCC2C)cnc1Cl. The Morgan fingerprint density at radius 2 is 1.94 bits per heavy atom. The first-order valence-electron chi connectivity index (χ1n) is 6.46. The first kappa shape index (κ1) is 12.7. The van der Waals surface area contributed by atoms with Crippen LogP contribution >= 0.6 is 11.6 Å². The molecule has 1 fully saturated rings. The Balaban J connectivity index is 2.10. The molecule has 0 radical (unpaired) electrons. The molecular formula is C14H21ClN2. The van der Waals surface area contributed by atoms with E-state index in [9.17, 15) is 0 Å². The zero-order valence-electron chi connectivity index (χ0n) is 10.8. The summed E-state index contributed by atoms with van der Waals surface area (Å²) in [6.45, 7) is 6.67. The van der Waals surface area contributed by atoms with Crippen molar-refractivity contribution in [3.05, 3.63) is 23.0 Å². The monoisotopic (exact) mass is 252 g/mol. The van der Waals surface area contributed by atoms with Crippen LogP contribution < -0.4 is 5.32 Å². The maximum Gasteiger partial charge on any atom is 0.132 e. The van der Waals surface area contributed by atoms with Gasteiger partial charge < -0.3 is 5.32 Å². The first-order valence-corrected chi connectivity index (χ1v) is 6.84. The van der Waals surface area contributed by atoms with Crippen LogP contribution in [-0.4, -0.2) is 11.0 Å². The lowest BCUT2D eigenvalue weighted by Gasteiger charge is -2.35. The average molecular weight is 253 g/mol. The smallest absolute Gasteiger partial charge is 0.132 e. The molecule has 0 aromatic carbocycles. The molecule has 1 saturated carbocycles. The quantitative estimate of drug-likeness (QED) is 0.795. The third-order valence-corrected chi connectivity index (χ3v) is 4.29. The van der Waals surface area contributed by atoms with E-state index in [-0.39, 0.29) is 0 Å². The summed E-state index contributed by atoms with van der Waals surface area (Å²) in [4.78, 5) is 4.20. The number of aryl methyl sites for hydroxylation is 1. The van der Waals surface area contributed by atoms with Gasteiger partial charge in [0.2, 0.25) is 0 Å². The molecule has 0 bridgehead atoms. The minimum Gasteiger partial charge on any atom is -0.381 e. The van der Waals surface area contributed by atoms with Gasteiger partial charge in [0.1, 0.15) is 5.15 Å². The molecule has 1 aliphatic carbocycles. The van der Waals surface area contributed by atoms with Gasteiger partial charge in [-0.05, 0) is 43.2 Å². The molecule has 1 heterocycles. The second-order valence-corrected chi connectivity index (χ2v) is 5.75. The minimum absolute atomic E-state index is 0.561. The number of hydrogen-bond acceptors (Lipinski definition) is 2. The van der Waals surface area contributed by atoms with Crippen LogP contribution in [0.2, 0.25) is 5.15 Å². The summed E-state index contributed by atoms with van der Waals surface area (Å²) in [5.74, 6) is 1.46. The van der Waals surface area contributed by atoms with Gasteiger partial charge in [-0.1, -0.05) is 31.9 Å². The number of anilines is 1. The Bertz CT molecular complexity index is 382. The van der Waals surface area contributed by atoms with Gasteiger partial charge in [0.25, 0.3) is 0 Å². The zero-order valence-corrected chi connectivity index (χ0v) is 11.6. The van der Waals surface area contributed by atoms with Crippen LogP contribution in [0, 0.1) is 18.8 Å². The highest BCUT2D eigenvalue weighted by Crippen LogP contribution is 2.31. The van der Waals surface area contributed by atoms with Crippen LogP contribution in [-0.2, 0) is 0 Å². The van der Waals surface area contributed by atoms with Crippen molar-refractivity contribution in [2.24, 2.45) is 11.8 Å². The molecule has 2 rings (SSSR count). The predicted octanol–water partition coefficient (Wildman–Crippen LogP) is 4.28. The van der Waals surface area contributed by atoms with Gasteiger partial charge in [0.15, 0.2) is 0 Å². The summed E-state index contributed by atoms with van der Waals surface area (Å²) in [5, 5.41) is 4.22. The summed E-state index contributed by atoms with van der Waals surface area (Å²) in [6.07, 6.45) is 5.84. The molecule has 2 atom stereocenters. The summed E-state index contributed by atoms with van der Waals surface area (Å²) in [6, 6.07) is 2.65. The highest BCUT2D eigenvalue weighted by Gasteiger charge is 2.27. The van der Waals surface area contributed by atoms with E-state index in [4.69, 9.17) is 11.6 Å². The highest BCUT2D eigenvalue weighted by molar-refractivity contribution is 6.30. The molecule has 0 saturated heterocycles. The Labute approximate surface area is 109 Å². The Morgan fingerprint density at radius 1 is 1.29 bits per heavy atom. The van der Waals surface area contributed by atoms with E-state index in [1.165, 1.54) is 19.3 Å². The lowest BCUT2D eigenvalue weighted by Crippen LogP contribution is -2.37. The van der Waals surface area contributed by atoms with E-state index in [0.29, 0.717) is 11.2 Å². The second-order valence-electron chi connectivity index (χ2n) is 5.39. The van der Waals surface area contributed by atoms with Crippen molar-refractivity contribution in [2.45, 2.75) is 46.1 Å². The van der Waals surface area contributed by atoms with E-state index in [0.717, 1.165) is 23.1 Å². The van der Waals surface area contributed by atoms with Crippen molar-refractivity contribution in [3.8, 4) is 0 Å². The van der Waals surface area contributed by atoms with Gasteiger partial charge in [-0.2, -0.15) is 0 Å². The van der Waals surface area contributed by atoms with Gasteiger partial charge in [0.05, 0.1) is 11.9 Å². The summed E-state index contributed by atoms with van der Waals surface area (Å²) >= 11 is 5.94. The Hall–Kier alpha value is -0.760. The molecule has 94 valence electrons. The lowest BCUT2D eigenvalue weighted by atomic mass is 9.78. The molecular weight excluding hydrogens is 232 g/mol. The van der Waals surface area contributed by atoms with Gasteiger partial charge in [0, 0.05) is 6.04 Å². The molecule has 1 aromatic rings.